The molecular formula is C20H41NO8Si4. The zero-order valence-corrected chi connectivity index (χ0v) is 25.0. The first-order chi connectivity index (χ1) is 15.0. The molecule has 0 aromatic carbocycles. The van der Waals surface area contributed by atoms with Gasteiger partial charge in [-0.3, -0.25) is 4.79 Å². The van der Waals surface area contributed by atoms with Gasteiger partial charge >= 0.3 is 40.2 Å². The van der Waals surface area contributed by atoms with Gasteiger partial charge in [-0.15, -0.1) is 0 Å². The minimum Gasteiger partial charge on any atom is -0.458 e. The Kier molecular flexibility index (Phi) is 9.26. The molecule has 0 bridgehead atoms. The zero-order chi connectivity index (χ0) is 25.2. The van der Waals surface area contributed by atoms with Crippen LogP contribution in [0.1, 0.15) is 25.7 Å². The van der Waals surface area contributed by atoms with Gasteiger partial charge < -0.3 is 32.0 Å². The van der Waals surface area contributed by atoms with Crippen molar-refractivity contribution in [1.82, 2.24) is 0 Å². The number of aliphatic hydroxyl groups is 1. The number of carbonyl (C=O) groups is 2. The van der Waals surface area contributed by atoms with Gasteiger partial charge in [0.1, 0.15) is 6.10 Å². The number of esters is 1. The Labute approximate surface area is 202 Å². The fraction of sp³-hybridized carbons (Fsp3) is 0.800. The Morgan fingerprint density at radius 2 is 1.55 bits per heavy atom. The molecule has 2 aliphatic rings. The smallest absolute Gasteiger partial charge is 0.331 e. The van der Waals surface area contributed by atoms with Crippen molar-refractivity contribution in [2.45, 2.75) is 95.8 Å². The summed E-state index contributed by atoms with van der Waals surface area (Å²) < 4.78 is 31.5. The van der Waals surface area contributed by atoms with E-state index in [1.165, 1.54) is 0 Å². The van der Waals surface area contributed by atoms with Crippen LogP contribution in [0.2, 0.25) is 51.9 Å². The van der Waals surface area contributed by atoms with Crippen molar-refractivity contribution >= 4 is 46.0 Å². The average molecular weight is 536 g/mol. The quantitative estimate of drug-likeness (QED) is 0.219. The van der Waals surface area contributed by atoms with Crippen molar-refractivity contribution in [1.29, 1.82) is 0 Å². The molecule has 190 valence electrons. The summed E-state index contributed by atoms with van der Waals surface area (Å²) in [6, 6.07) is -0.657. The van der Waals surface area contributed by atoms with E-state index < -0.39 is 64.2 Å². The predicted octanol–water partition coefficient (Wildman–Crippen LogP) is 2.79. The summed E-state index contributed by atoms with van der Waals surface area (Å²) in [5.74, 6) is -1.21. The summed E-state index contributed by atoms with van der Waals surface area (Å²) in [7, 11) is -9.80. The van der Waals surface area contributed by atoms with Crippen molar-refractivity contribution in [3.05, 3.63) is 12.7 Å². The zero-order valence-electron chi connectivity index (χ0n) is 21.0. The van der Waals surface area contributed by atoms with Crippen LogP contribution in [0.5, 0.6) is 0 Å². The highest BCUT2D eigenvalue weighted by atomic mass is 28.5. The van der Waals surface area contributed by atoms with Crippen LogP contribution >= 0.6 is 0 Å². The van der Waals surface area contributed by atoms with Gasteiger partial charge in [-0.25, -0.2) is 4.79 Å². The third-order valence-corrected chi connectivity index (χ3v) is 22.3. The Bertz CT molecular complexity index is 726. The number of ether oxygens (including phenoxy) is 1. The van der Waals surface area contributed by atoms with Gasteiger partial charge in [0.2, 0.25) is 0 Å². The number of carbonyl (C=O) groups excluding carboxylic acids is 2. The second kappa shape index (κ2) is 10.6. The molecule has 0 amide bonds. The van der Waals surface area contributed by atoms with E-state index in [4.69, 9.17) is 26.9 Å². The Morgan fingerprint density at radius 3 is 2.06 bits per heavy atom. The summed E-state index contributed by atoms with van der Waals surface area (Å²) in [4.78, 5) is 23.8. The molecule has 13 heteroatoms. The van der Waals surface area contributed by atoms with Crippen molar-refractivity contribution in [3.63, 3.8) is 0 Å². The Hall–Kier alpha value is -0.492. The highest BCUT2D eigenvalue weighted by molar-refractivity contribution is 6.93. The standard InChI is InChI=1S/C20H41NO8Si4/c1-9-16(22)19(21)20(24)25-18-14-15(10-11-17(18)23)12-13-33(8)28-31(4,5)26-30(2,3)27-32(6,7)29-33/h9,15,17-19,23H,1,10-14,21H2,2-8H3. The third-order valence-electron chi connectivity index (χ3n) is 5.81. The minimum atomic E-state index is -2.60. The molecule has 1 aliphatic heterocycles. The van der Waals surface area contributed by atoms with Crippen molar-refractivity contribution in [2.24, 2.45) is 11.7 Å². The number of aliphatic hydroxyl groups excluding tert-OH is 1. The monoisotopic (exact) mass is 535 g/mol. The van der Waals surface area contributed by atoms with E-state index in [1.54, 1.807) is 0 Å². The molecule has 1 saturated heterocycles. The second-order valence-corrected chi connectivity index (χ2v) is 25.0. The minimum absolute atomic E-state index is 0.224. The van der Waals surface area contributed by atoms with Gasteiger partial charge in [0, 0.05) is 0 Å². The first-order valence-electron chi connectivity index (χ1n) is 11.6. The molecule has 0 aromatic rings. The van der Waals surface area contributed by atoms with E-state index in [1.807, 2.05) is 39.3 Å². The van der Waals surface area contributed by atoms with Crippen LogP contribution in [0.4, 0.5) is 0 Å². The molecular weight excluding hydrogens is 495 g/mol. The average Bonchev–Trinajstić information content (AvgIpc) is 2.63. The van der Waals surface area contributed by atoms with Gasteiger partial charge in [-0.05, 0) is 89.6 Å². The molecule has 1 aliphatic carbocycles. The maximum Gasteiger partial charge on any atom is 0.331 e. The predicted molar refractivity (Wildman–Crippen MR) is 134 cm³/mol. The highest BCUT2D eigenvalue weighted by Crippen LogP contribution is 2.36. The molecule has 1 heterocycles. The molecule has 4 unspecified atom stereocenters. The molecule has 0 aromatic heterocycles. The van der Waals surface area contributed by atoms with Crippen LogP contribution in [0.3, 0.4) is 0 Å². The fourth-order valence-corrected chi connectivity index (χ4v) is 26.6. The summed E-state index contributed by atoms with van der Waals surface area (Å²) in [6.45, 7) is 17.7. The molecule has 3 N–H and O–H groups in total. The molecule has 4 atom stereocenters. The maximum atomic E-state index is 12.2. The molecule has 0 radical (unpaired) electrons. The van der Waals surface area contributed by atoms with Crippen molar-refractivity contribution in [2.75, 3.05) is 0 Å². The first kappa shape index (κ1) is 28.7. The van der Waals surface area contributed by atoms with E-state index in [0.717, 1.165) is 25.0 Å². The van der Waals surface area contributed by atoms with E-state index in [9.17, 15) is 14.7 Å². The van der Waals surface area contributed by atoms with Gasteiger partial charge in [0.15, 0.2) is 11.8 Å². The van der Waals surface area contributed by atoms with Gasteiger partial charge in [0.25, 0.3) is 0 Å². The van der Waals surface area contributed by atoms with Crippen LogP contribution in [0.15, 0.2) is 12.7 Å². The number of nitrogens with two attached hydrogens (primary N) is 1. The molecule has 33 heavy (non-hydrogen) atoms. The number of hydrogen-bond donors (Lipinski definition) is 2. The van der Waals surface area contributed by atoms with Crippen molar-refractivity contribution < 1.29 is 35.9 Å². The lowest BCUT2D eigenvalue weighted by molar-refractivity contribution is -0.161. The van der Waals surface area contributed by atoms with Crippen molar-refractivity contribution in [3.8, 4) is 0 Å². The molecule has 1 saturated carbocycles. The lowest BCUT2D eigenvalue weighted by Crippen LogP contribution is -2.65. The fourth-order valence-electron chi connectivity index (χ4n) is 4.93. The largest absolute Gasteiger partial charge is 0.458 e. The summed E-state index contributed by atoms with van der Waals surface area (Å²) in [6.07, 6.45) is 2.18. The van der Waals surface area contributed by atoms with E-state index >= 15 is 0 Å². The number of ketones is 1. The molecule has 2 rings (SSSR count). The topological polar surface area (TPSA) is 127 Å². The Morgan fingerprint density at radius 1 is 1.03 bits per heavy atom. The summed E-state index contributed by atoms with van der Waals surface area (Å²) in [5.41, 5.74) is 5.62. The van der Waals surface area contributed by atoms with Crippen LogP contribution in [0.25, 0.3) is 0 Å². The van der Waals surface area contributed by atoms with E-state index in [0.29, 0.717) is 12.8 Å². The Balaban J connectivity index is 2.04. The number of hydrogen-bond acceptors (Lipinski definition) is 9. The SMILES string of the molecule is C=CC(=O)C(N)C(=O)OC1CC(CC[Si]2(C)O[Si](C)(C)O[Si](C)(C)O[Si](C)(C)O2)CCC1O. The molecule has 0 spiro atoms. The van der Waals surface area contributed by atoms with E-state index in [2.05, 4.69) is 13.1 Å². The van der Waals surface area contributed by atoms with Crippen LogP contribution in [0, 0.1) is 5.92 Å². The molecule has 9 nitrogen and oxygen atoms in total. The van der Waals surface area contributed by atoms with E-state index in [-0.39, 0.29) is 5.92 Å². The van der Waals surface area contributed by atoms with Crippen LogP contribution < -0.4 is 5.73 Å². The summed E-state index contributed by atoms with van der Waals surface area (Å²) in [5, 5.41) is 10.4. The summed E-state index contributed by atoms with van der Waals surface area (Å²) >= 11 is 0. The van der Waals surface area contributed by atoms with Gasteiger partial charge in [-0.2, -0.15) is 0 Å². The molecule has 2 fully saturated rings. The van der Waals surface area contributed by atoms with Gasteiger partial charge in [-0.1, -0.05) is 6.58 Å². The second-order valence-electron chi connectivity index (χ2n) is 10.6. The lowest BCUT2D eigenvalue weighted by atomic mass is 9.84. The number of rotatable bonds is 7. The highest BCUT2D eigenvalue weighted by Gasteiger charge is 2.52. The van der Waals surface area contributed by atoms with Crippen LogP contribution in [-0.2, 0) is 30.8 Å². The first-order valence-corrected chi connectivity index (χ1v) is 22.5. The third kappa shape index (κ3) is 8.59. The maximum absolute atomic E-state index is 12.2. The van der Waals surface area contributed by atoms with Crippen LogP contribution in [-0.4, -0.2) is 69.4 Å². The lowest BCUT2D eigenvalue weighted by Gasteiger charge is -2.47. The normalized spacial score (nSPS) is 31.5. The van der Waals surface area contributed by atoms with Gasteiger partial charge in [0.05, 0.1) is 6.10 Å².